The van der Waals surface area contributed by atoms with Gasteiger partial charge in [-0.2, -0.15) is 0 Å². The first-order valence-corrected chi connectivity index (χ1v) is 11.5. The van der Waals surface area contributed by atoms with E-state index in [9.17, 15) is 14.7 Å². The fourth-order valence-corrected chi connectivity index (χ4v) is 4.15. The highest BCUT2D eigenvalue weighted by Gasteiger charge is 2.22. The number of fused-ring (bicyclic) bond motifs is 1. The lowest BCUT2D eigenvalue weighted by Gasteiger charge is -2.11. The lowest BCUT2D eigenvalue weighted by Crippen LogP contribution is -2.25. The van der Waals surface area contributed by atoms with Crippen LogP contribution in [0.3, 0.4) is 0 Å². The maximum atomic E-state index is 13.1. The molecule has 0 fully saturated rings. The predicted molar refractivity (Wildman–Crippen MR) is 140 cm³/mol. The van der Waals surface area contributed by atoms with Crippen molar-refractivity contribution in [2.75, 3.05) is 12.4 Å². The average Bonchev–Trinajstić information content (AvgIpc) is 3.13. The molecule has 2 N–H and O–H groups in total. The molecular weight excluding hydrogens is 472 g/mol. The molecule has 2 heterocycles. The fraction of sp³-hybridized carbons (Fsp3) is 0.107. The molecule has 9 heteroatoms. The fourth-order valence-electron chi connectivity index (χ4n) is 4.15. The summed E-state index contributed by atoms with van der Waals surface area (Å²) < 4.78 is 14.4. The third kappa shape index (κ3) is 4.38. The lowest BCUT2D eigenvalue weighted by molar-refractivity contribution is 0.102. The van der Waals surface area contributed by atoms with Gasteiger partial charge < -0.3 is 19.9 Å². The lowest BCUT2D eigenvalue weighted by atomic mass is 10.2. The van der Waals surface area contributed by atoms with E-state index in [4.69, 9.17) is 9.47 Å². The highest BCUT2D eigenvalue weighted by Crippen LogP contribution is 2.36. The van der Waals surface area contributed by atoms with E-state index in [1.54, 1.807) is 61.2 Å². The van der Waals surface area contributed by atoms with Gasteiger partial charge in [-0.3, -0.25) is 19.3 Å². The molecule has 0 spiro atoms. The maximum absolute atomic E-state index is 13.1. The summed E-state index contributed by atoms with van der Waals surface area (Å²) >= 11 is 0. The molecule has 3 aromatic carbocycles. The van der Waals surface area contributed by atoms with Crippen molar-refractivity contribution in [3.8, 4) is 28.7 Å². The van der Waals surface area contributed by atoms with E-state index < -0.39 is 11.5 Å². The van der Waals surface area contributed by atoms with Crippen LogP contribution < -0.4 is 20.3 Å². The van der Waals surface area contributed by atoms with Crippen molar-refractivity contribution >= 4 is 22.5 Å². The molecule has 0 unspecified atom stereocenters. The third-order valence-electron chi connectivity index (χ3n) is 6.12. The third-order valence-corrected chi connectivity index (χ3v) is 6.12. The molecule has 5 aromatic rings. The van der Waals surface area contributed by atoms with Gasteiger partial charge in [0.15, 0.2) is 11.5 Å². The SMILES string of the molecule is COc1cc2c(Oc3ccc(NC(=O)c4c(C)n(C)n(-c5ccccc5)c4=O)cc3)ccnc2cc1O. The molecule has 0 saturated heterocycles. The Morgan fingerprint density at radius 2 is 1.73 bits per heavy atom. The van der Waals surface area contributed by atoms with Crippen LogP contribution in [-0.4, -0.2) is 32.5 Å². The standard InChI is InChI=1S/C28H24N4O5/c1-17-26(28(35)32(31(17)2)19-7-5-4-6-8-19)27(34)30-18-9-11-20(12-10-18)37-24-13-14-29-22-16-23(33)25(36-3)15-21(22)24/h4-16,33H,1-3H3,(H,30,34). The normalized spacial score (nSPS) is 10.9. The van der Waals surface area contributed by atoms with Gasteiger partial charge in [-0.1, -0.05) is 18.2 Å². The van der Waals surface area contributed by atoms with E-state index in [0.717, 1.165) is 0 Å². The van der Waals surface area contributed by atoms with Crippen LogP contribution in [0, 0.1) is 6.92 Å². The Balaban J connectivity index is 1.37. The number of carbonyl (C=O) groups excluding carboxylic acids is 1. The molecule has 0 bridgehead atoms. The summed E-state index contributed by atoms with van der Waals surface area (Å²) in [5.74, 6) is 0.865. The number of hydrogen-bond acceptors (Lipinski definition) is 6. The van der Waals surface area contributed by atoms with Gasteiger partial charge in [0.05, 0.1) is 24.0 Å². The summed E-state index contributed by atoms with van der Waals surface area (Å²) in [7, 11) is 3.21. The van der Waals surface area contributed by atoms with Crippen LogP contribution in [0.5, 0.6) is 23.0 Å². The number of amides is 1. The van der Waals surface area contributed by atoms with E-state index in [-0.39, 0.29) is 11.3 Å². The highest BCUT2D eigenvalue weighted by atomic mass is 16.5. The molecule has 0 aliphatic carbocycles. The Kier molecular flexibility index (Phi) is 6.10. The molecule has 0 radical (unpaired) electrons. The van der Waals surface area contributed by atoms with Crippen LogP contribution in [0.2, 0.25) is 0 Å². The molecule has 0 aliphatic heterocycles. The number of anilines is 1. The minimum absolute atomic E-state index is 0.0103. The van der Waals surface area contributed by atoms with Crippen molar-refractivity contribution in [3.63, 3.8) is 0 Å². The predicted octanol–water partition coefficient (Wildman–Crippen LogP) is 4.79. The zero-order chi connectivity index (χ0) is 26.1. The molecule has 0 atom stereocenters. The van der Waals surface area contributed by atoms with Gasteiger partial charge in [-0.25, -0.2) is 4.68 Å². The van der Waals surface area contributed by atoms with E-state index in [0.29, 0.717) is 45.2 Å². The maximum Gasteiger partial charge on any atom is 0.284 e. The number of hydrogen-bond donors (Lipinski definition) is 2. The van der Waals surface area contributed by atoms with Crippen LogP contribution >= 0.6 is 0 Å². The number of methoxy groups -OCH3 is 1. The van der Waals surface area contributed by atoms with Crippen molar-refractivity contribution < 1.29 is 19.4 Å². The minimum atomic E-state index is -0.492. The van der Waals surface area contributed by atoms with E-state index in [1.807, 2.05) is 30.3 Å². The molecule has 1 amide bonds. The molecule has 0 saturated carbocycles. The van der Waals surface area contributed by atoms with Crippen LogP contribution in [0.25, 0.3) is 16.6 Å². The summed E-state index contributed by atoms with van der Waals surface area (Å²) in [5, 5.41) is 13.5. The van der Waals surface area contributed by atoms with E-state index in [2.05, 4.69) is 10.3 Å². The molecule has 186 valence electrons. The smallest absolute Gasteiger partial charge is 0.284 e. The number of aromatic nitrogens is 3. The van der Waals surface area contributed by atoms with Crippen molar-refractivity contribution in [2.45, 2.75) is 6.92 Å². The van der Waals surface area contributed by atoms with Crippen LogP contribution in [0.4, 0.5) is 5.69 Å². The second kappa shape index (κ2) is 9.54. The van der Waals surface area contributed by atoms with Gasteiger partial charge in [0, 0.05) is 30.4 Å². The van der Waals surface area contributed by atoms with Crippen LogP contribution in [-0.2, 0) is 7.05 Å². The zero-order valence-corrected chi connectivity index (χ0v) is 20.4. The number of para-hydroxylation sites is 1. The van der Waals surface area contributed by atoms with Gasteiger partial charge in [-0.05, 0) is 55.5 Å². The molecule has 37 heavy (non-hydrogen) atoms. The first kappa shape index (κ1) is 23.7. The number of benzene rings is 3. The number of nitrogens with zero attached hydrogens (tertiary/aromatic N) is 3. The number of pyridine rings is 1. The topological polar surface area (TPSA) is 108 Å². The number of phenolic OH excluding ortho intramolecular Hbond substituents is 1. The minimum Gasteiger partial charge on any atom is -0.504 e. The van der Waals surface area contributed by atoms with E-state index >= 15 is 0 Å². The van der Waals surface area contributed by atoms with Crippen LogP contribution in [0.15, 0.2) is 83.8 Å². The number of rotatable bonds is 6. The first-order chi connectivity index (χ1) is 17.9. The summed E-state index contributed by atoms with van der Waals surface area (Å²) in [6.45, 7) is 1.74. The second-order valence-electron chi connectivity index (χ2n) is 8.37. The Morgan fingerprint density at radius 1 is 1.00 bits per heavy atom. The molecule has 5 rings (SSSR count). The average molecular weight is 497 g/mol. The molecule has 9 nitrogen and oxygen atoms in total. The van der Waals surface area contributed by atoms with E-state index in [1.165, 1.54) is 17.9 Å². The van der Waals surface area contributed by atoms with Crippen LogP contribution in [0.1, 0.15) is 16.1 Å². The van der Waals surface area contributed by atoms with Crippen molar-refractivity contribution in [3.05, 3.63) is 101 Å². The number of aromatic hydroxyl groups is 1. The first-order valence-electron chi connectivity index (χ1n) is 11.5. The summed E-state index contributed by atoms with van der Waals surface area (Å²) in [6, 6.07) is 20.8. The van der Waals surface area contributed by atoms with Crippen molar-refractivity contribution in [2.24, 2.45) is 7.05 Å². The Morgan fingerprint density at radius 3 is 2.43 bits per heavy atom. The summed E-state index contributed by atoms with van der Waals surface area (Å²) in [4.78, 5) is 30.4. The van der Waals surface area contributed by atoms with Gasteiger partial charge in [0.1, 0.15) is 17.1 Å². The molecule has 2 aromatic heterocycles. The van der Waals surface area contributed by atoms with Gasteiger partial charge in [0.25, 0.3) is 11.5 Å². The monoisotopic (exact) mass is 496 g/mol. The van der Waals surface area contributed by atoms with Gasteiger partial charge in [0.2, 0.25) is 0 Å². The number of phenols is 1. The Bertz CT molecular complexity index is 1670. The molecular formula is C28H24N4O5. The van der Waals surface area contributed by atoms with Crippen molar-refractivity contribution in [1.29, 1.82) is 0 Å². The molecule has 0 aliphatic rings. The van der Waals surface area contributed by atoms with Gasteiger partial charge in [-0.15, -0.1) is 0 Å². The number of ether oxygens (including phenoxy) is 2. The highest BCUT2D eigenvalue weighted by molar-refractivity contribution is 6.05. The quantitative estimate of drug-likeness (QED) is 0.350. The Hall–Kier alpha value is -5.05. The second-order valence-corrected chi connectivity index (χ2v) is 8.37. The van der Waals surface area contributed by atoms with Crippen molar-refractivity contribution in [1.82, 2.24) is 14.3 Å². The zero-order valence-electron chi connectivity index (χ0n) is 20.4. The largest absolute Gasteiger partial charge is 0.504 e. The van der Waals surface area contributed by atoms with Gasteiger partial charge >= 0.3 is 0 Å². The Labute approximate surface area is 212 Å². The summed E-state index contributed by atoms with van der Waals surface area (Å²) in [5.41, 5.74) is 1.98. The number of nitrogens with one attached hydrogen (secondary N) is 1. The number of carbonyl (C=O) groups is 1. The summed E-state index contributed by atoms with van der Waals surface area (Å²) in [6.07, 6.45) is 1.59.